The summed E-state index contributed by atoms with van der Waals surface area (Å²) in [5, 5.41) is 0. The van der Waals surface area contributed by atoms with E-state index in [1.807, 2.05) is 0 Å². The molecule has 56 valence electrons. The summed E-state index contributed by atoms with van der Waals surface area (Å²) in [5.74, 6) is 1.89. The predicted octanol–water partition coefficient (Wildman–Crippen LogP) is 1.70. The Hall–Kier alpha value is -1.49. The molecule has 0 fully saturated rings. The third-order valence-corrected chi connectivity index (χ3v) is 1.50. The molecule has 1 rings (SSSR count). The van der Waals surface area contributed by atoms with Gasteiger partial charge in [-0.05, 0) is 24.6 Å². The molecule has 0 atom stereocenters. The van der Waals surface area contributed by atoms with E-state index in [0.717, 1.165) is 0 Å². The Labute approximate surface area is 65.0 Å². The minimum Gasteiger partial charge on any atom is -0.396 e. The van der Waals surface area contributed by atoms with E-state index in [0.29, 0.717) is 11.1 Å². The summed E-state index contributed by atoms with van der Waals surface area (Å²) in [6.07, 6.45) is 5.08. The second-order valence-corrected chi connectivity index (χ2v) is 2.33. The minimum atomic E-state index is -0.446. The van der Waals surface area contributed by atoms with E-state index in [1.165, 1.54) is 6.07 Å². The van der Waals surface area contributed by atoms with Gasteiger partial charge in [0.15, 0.2) is 0 Å². The fourth-order valence-corrected chi connectivity index (χ4v) is 0.839. The van der Waals surface area contributed by atoms with Crippen molar-refractivity contribution in [3.8, 4) is 12.3 Å². The van der Waals surface area contributed by atoms with Gasteiger partial charge in [-0.3, -0.25) is 0 Å². The monoisotopic (exact) mass is 149 g/mol. The Morgan fingerprint density at radius 3 is 2.64 bits per heavy atom. The lowest BCUT2D eigenvalue weighted by Crippen LogP contribution is -1.94. The largest absolute Gasteiger partial charge is 0.396 e. The summed E-state index contributed by atoms with van der Waals surface area (Å²) >= 11 is 0. The van der Waals surface area contributed by atoms with E-state index in [-0.39, 0.29) is 5.69 Å². The average Bonchev–Trinajstić information content (AvgIpc) is 1.99. The van der Waals surface area contributed by atoms with Crippen LogP contribution in [0.25, 0.3) is 0 Å². The molecule has 0 aromatic heterocycles. The first kappa shape index (κ1) is 7.62. The third-order valence-electron chi connectivity index (χ3n) is 1.50. The van der Waals surface area contributed by atoms with Crippen LogP contribution >= 0.6 is 0 Å². The molecule has 0 heterocycles. The van der Waals surface area contributed by atoms with Crippen LogP contribution in [0.15, 0.2) is 12.1 Å². The summed E-state index contributed by atoms with van der Waals surface area (Å²) in [7, 11) is 0. The smallest absolute Gasteiger partial charge is 0.147 e. The maximum absolute atomic E-state index is 12.8. The highest BCUT2D eigenvalue weighted by Gasteiger charge is 2.01. The van der Waals surface area contributed by atoms with E-state index in [9.17, 15) is 4.39 Å². The number of terminal acetylenes is 1. The van der Waals surface area contributed by atoms with Crippen LogP contribution in [-0.4, -0.2) is 0 Å². The molecule has 0 aliphatic rings. The lowest BCUT2D eigenvalue weighted by atomic mass is 10.1. The predicted molar refractivity (Wildman–Crippen MR) is 43.5 cm³/mol. The van der Waals surface area contributed by atoms with Crippen molar-refractivity contribution in [3.05, 3.63) is 29.1 Å². The summed E-state index contributed by atoms with van der Waals surface area (Å²) in [4.78, 5) is 0. The molecule has 1 aromatic rings. The van der Waals surface area contributed by atoms with Crippen molar-refractivity contribution in [1.29, 1.82) is 0 Å². The van der Waals surface area contributed by atoms with E-state index in [2.05, 4.69) is 5.92 Å². The van der Waals surface area contributed by atoms with Gasteiger partial charge in [0.05, 0.1) is 5.69 Å². The first-order valence-corrected chi connectivity index (χ1v) is 3.17. The lowest BCUT2D eigenvalue weighted by molar-refractivity contribution is 0.631. The van der Waals surface area contributed by atoms with E-state index < -0.39 is 5.82 Å². The molecule has 0 radical (unpaired) electrons. The highest BCUT2D eigenvalue weighted by Crippen LogP contribution is 2.16. The molecule has 1 nitrogen and oxygen atoms in total. The van der Waals surface area contributed by atoms with Crippen molar-refractivity contribution in [1.82, 2.24) is 0 Å². The normalized spacial score (nSPS) is 9.18. The SMILES string of the molecule is C#Cc1cc(C)c(N)c(F)c1. The van der Waals surface area contributed by atoms with Crippen molar-refractivity contribution in [2.45, 2.75) is 6.92 Å². The summed E-state index contributed by atoms with van der Waals surface area (Å²) in [6.45, 7) is 1.72. The molecule has 1 aromatic carbocycles. The van der Waals surface area contributed by atoms with Gasteiger partial charge in [-0.15, -0.1) is 6.42 Å². The molecular weight excluding hydrogens is 141 g/mol. The van der Waals surface area contributed by atoms with Crippen LogP contribution in [0.3, 0.4) is 0 Å². The first-order valence-electron chi connectivity index (χ1n) is 3.17. The Morgan fingerprint density at radius 1 is 1.55 bits per heavy atom. The number of benzene rings is 1. The van der Waals surface area contributed by atoms with Crippen molar-refractivity contribution < 1.29 is 4.39 Å². The van der Waals surface area contributed by atoms with Crippen LogP contribution in [0.2, 0.25) is 0 Å². The summed E-state index contributed by atoms with van der Waals surface area (Å²) in [6, 6.07) is 2.93. The topological polar surface area (TPSA) is 26.0 Å². The Bertz CT molecular complexity index is 300. The lowest BCUT2D eigenvalue weighted by Gasteiger charge is -2.01. The molecule has 2 heteroatoms. The summed E-state index contributed by atoms with van der Waals surface area (Å²) in [5.41, 5.74) is 6.73. The van der Waals surface area contributed by atoms with Crippen LogP contribution in [0.1, 0.15) is 11.1 Å². The van der Waals surface area contributed by atoms with Crippen molar-refractivity contribution in [2.24, 2.45) is 0 Å². The quantitative estimate of drug-likeness (QED) is 0.441. The van der Waals surface area contributed by atoms with E-state index in [1.54, 1.807) is 13.0 Å². The second kappa shape index (κ2) is 2.63. The van der Waals surface area contributed by atoms with E-state index in [4.69, 9.17) is 12.2 Å². The van der Waals surface area contributed by atoms with Gasteiger partial charge < -0.3 is 5.73 Å². The Kier molecular flexibility index (Phi) is 1.82. The standard InChI is InChI=1S/C9H8FN/c1-3-7-4-6(2)9(11)8(10)5-7/h1,4-5H,11H2,2H3. The molecule has 0 aliphatic heterocycles. The molecular formula is C9H8FN. The number of anilines is 1. The highest BCUT2D eigenvalue weighted by molar-refractivity contribution is 5.52. The molecule has 11 heavy (non-hydrogen) atoms. The third kappa shape index (κ3) is 1.32. The van der Waals surface area contributed by atoms with Crippen LogP contribution in [0.5, 0.6) is 0 Å². The van der Waals surface area contributed by atoms with Gasteiger partial charge in [0.25, 0.3) is 0 Å². The van der Waals surface area contributed by atoms with Crippen molar-refractivity contribution in [2.75, 3.05) is 5.73 Å². The number of nitrogen functional groups attached to an aromatic ring is 1. The van der Waals surface area contributed by atoms with Gasteiger partial charge in [0.2, 0.25) is 0 Å². The fraction of sp³-hybridized carbons (Fsp3) is 0.111. The number of hydrogen-bond donors (Lipinski definition) is 1. The maximum Gasteiger partial charge on any atom is 0.147 e. The zero-order valence-electron chi connectivity index (χ0n) is 6.19. The molecule has 0 saturated heterocycles. The summed E-state index contributed by atoms with van der Waals surface area (Å²) < 4.78 is 12.8. The van der Waals surface area contributed by atoms with E-state index >= 15 is 0 Å². The van der Waals surface area contributed by atoms with Crippen LogP contribution in [0.4, 0.5) is 10.1 Å². The number of halogens is 1. The van der Waals surface area contributed by atoms with Crippen molar-refractivity contribution in [3.63, 3.8) is 0 Å². The van der Waals surface area contributed by atoms with Gasteiger partial charge in [0.1, 0.15) is 5.82 Å². The molecule has 0 aliphatic carbocycles. The van der Waals surface area contributed by atoms with Crippen LogP contribution < -0.4 is 5.73 Å². The van der Waals surface area contributed by atoms with Gasteiger partial charge in [-0.25, -0.2) is 4.39 Å². The first-order chi connectivity index (χ1) is 5.15. The van der Waals surface area contributed by atoms with Crippen molar-refractivity contribution >= 4 is 5.69 Å². The molecule has 0 bridgehead atoms. The minimum absolute atomic E-state index is 0.170. The zero-order valence-corrected chi connectivity index (χ0v) is 6.19. The molecule has 0 spiro atoms. The van der Waals surface area contributed by atoms with Crippen LogP contribution in [0, 0.1) is 25.1 Å². The molecule has 2 N–H and O–H groups in total. The second-order valence-electron chi connectivity index (χ2n) is 2.33. The van der Waals surface area contributed by atoms with Gasteiger partial charge in [-0.2, -0.15) is 0 Å². The fourth-order valence-electron chi connectivity index (χ4n) is 0.839. The van der Waals surface area contributed by atoms with Gasteiger partial charge >= 0.3 is 0 Å². The zero-order chi connectivity index (χ0) is 8.43. The number of rotatable bonds is 0. The van der Waals surface area contributed by atoms with Crippen LogP contribution in [-0.2, 0) is 0 Å². The van der Waals surface area contributed by atoms with Gasteiger partial charge in [-0.1, -0.05) is 5.92 Å². The highest BCUT2D eigenvalue weighted by atomic mass is 19.1. The number of hydrogen-bond acceptors (Lipinski definition) is 1. The Balaban J connectivity index is 3.35. The average molecular weight is 149 g/mol. The number of nitrogens with two attached hydrogens (primary N) is 1. The molecule has 0 amide bonds. The Morgan fingerprint density at radius 2 is 2.18 bits per heavy atom. The maximum atomic E-state index is 12.8. The number of aryl methyl sites for hydroxylation is 1. The molecule has 0 unspecified atom stereocenters. The van der Waals surface area contributed by atoms with Gasteiger partial charge in [0, 0.05) is 5.56 Å². The molecule has 0 saturated carbocycles.